The van der Waals surface area contributed by atoms with Gasteiger partial charge >= 0.3 is 5.97 Å². The summed E-state index contributed by atoms with van der Waals surface area (Å²) in [5.74, 6) is -0.510. The number of ether oxygens (including phenoxy) is 1. The smallest absolute Gasteiger partial charge is 0.341 e. The van der Waals surface area contributed by atoms with Crippen molar-refractivity contribution in [3.8, 4) is 11.6 Å². The van der Waals surface area contributed by atoms with Gasteiger partial charge in [-0.15, -0.1) is 0 Å². The van der Waals surface area contributed by atoms with Gasteiger partial charge in [-0.3, -0.25) is 4.79 Å². The van der Waals surface area contributed by atoms with Gasteiger partial charge in [0.15, 0.2) is 0 Å². The van der Waals surface area contributed by atoms with Gasteiger partial charge in [0, 0.05) is 37.4 Å². The summed E-state index contributed by atoms with van der Waals surface area (Å²) in [5.41, 5.74) is 0.849. The Kier molecular flexibility index (Phi) is 6.37. The molecule has 4 aromatic rings. The summed E-state index contributed by atoms with van der Waals surface area (Å²) in [6.45, 7) is 2.12. The predicted octanol–water partition coefficient (Wildman–Crippen LogP) is 4.69. The van der Waals surface area contributed by atoms with Crippen LogP contribution in [-0.2, 0) is 0 Å². The number of nitrogens with zero attached hydrogens (tertiary/aromatic N) is 5. The van der Waals surface area contributed by atoms with E-state index in [0.717, 1.165) is 24.6 Å². The Morgan fingerprint density at radius 1 is 1.23 bits per heavy atom. The molecule has 4 heterocycles. The average molecular weight is 564 g/mol. The molecule has 1 N–H and O–H groups in total. The van der Waals surface area contributed by atoms with Crippen LogP contribution in [0.2, 0.25) is 5.02 Å². The molecule has 2 aliphatic rings. The lowest BCUT2D eigenvalue weighted by Crippen LogP contribution is -2.38. The van der Waals surface area contributed by atoms with Crippen LogP contribution < -0.4 is 20.0 Å². The SMILES string of the molecule is Cc1ccc(Cl)c(OC[C@H]2C[C@H]3C[C@H]3N2c2cc3c(cc2F)c(=O)c(C(=O)O)cn3-c2ccc(N(C)C)nc2)n1. The number of aromatic nitrogens is 3. The lowest BCUT2D eigenvalue weighted by molar-refractivity contribution is 0.0695. The van der Waals surface area contributed by atoms with Crippen LogP contribution in [0.15, 0.2) is 53.6 Å². The number of aryl methyl sites for hydroxylation is 1. The van der Waals surface area contributed by atoms with Gasteiger partial charge in [-0.2, -0.15) is 0 Å². The van der Waals surface area contributed by atoms with Gasteiger partial charge in [0.1, 0.15) is 28.8 Å². The fourth-order valence-corrected chi connectivity index (χ4v) is 5.72. The van der Waals surface area contributed by atoms with Crippen molar-refractivity contribution in [3.05, 3.63) is 81.1 Å². The summed E-state index contributed by atoms with van der Waals surface area (Å²) >= 11 is 6.27. The summed E-state index contributed by atoms with van der Waals surface area (Å²) in [6.07, 6.45) is 4.64. The lowest BCUT2D eigenvalue weighted by atomic mass is 10.1. The standard InChI is InChI=1S/C29H27ClFN5O4/c1-15-4-6-21(30)28(33-15)40-14-18-8-16-9-23(16)36(18)25-11-24-19(10-22(25)31)27(37)20(29(38)39)13-35(24)17-5-7-26(32-12-17)34(2)3/h4-7,10-13,16,18,23H,8-9,14H2,1-3H3,(H,38,39)/t16-,18+,23+/m0/s1. The van der Waals surface area contributed by atoms with E-state index in [9.17, 15) is 14.7 Å². The minimum absolute atomic E-state index is 0.0204. The van der Waals surface area contributed by atoms with E-state index < -0.39 is 22.8 Å². The summed E-state index contributed by atoms with van der Waals surface area (Å²) in [5, 5.41) is 10.1. The Morgan fingerprint density at radius 3 is 2.73 bits per heavy atom. The maximum absolute atomic E-state index is 15.8. The van der Waals surface area contributed by atoms with Crippen molar-refractivity contribution in [2.75, 3.05) is 30.5 Å². The first kappa shape index (κ1) is 26.1. The highest BCUT2D eigenvalue weighted by atomic mass is 35.5. The highest BCUT2D eigenvalue weighted by Crippen LogP contribution is 2.50. The maximum Gasteiger partial charge on any atom is 0.341 e. The first-order valence-electron chi connectivity index (χ1n) is 12.9. The minimum Gasteiger partial charge on any atom is -0.477 e. The van der Waals surface area contributed by atoms with Crippen molar-refractivity contribution in [1.82, 2.24) is 14.5 Å². The fraction of sp³-hybridized carbons (Fsp3) is 0.310. The van der Waals surface area contributed by atoms with Gasteiger partial charge in [-0.25, -0.2) is 19.2 Å². The Balaban J connectivity index is 1.44. The number of rotatable bonds is 7. The summed E-state index contributed by atoms with van der Waals surface area (Å²) < 4.78 is 23.4. The number of anilines is 2. The first-order valence-corrected chi connectivity index (χ1v) is 13.3. The minimum atomic E-state index is -1.39. The van der Waals surface area contributed by atoms with Crippen LogP contribution in [0.3, 0.4) is 0 Å². The van der Waals surface area contributed by atoms with Crippen LogP contribution in [-0.4, -0.2) is 58.4 Å². The molecule has 9 nitrogen and oxygen atoms in total. The average Bonchev–Trinajstić information content (AvgIpc) is 3.59. The second kappa shape index (κ2) is 9.78. The van der Waals surface area contributed by atoms with Gasteiger partial charge in [-0.05, 0) is 62.1 Å². The van der Waals surface area contributed by atoms with Gasteiger partial charge in [0.2, 0.25) is 11.3 Å². The van der Waals surface area contributed by atoms with Crippen molar-refractivity contribution in [1.29, 1.82) is 0 Å². The van der Waals surface area contributed by atoms with Crippen LogP contribution in [0.25, 0.3) is 16.6 Å². The van der Waals surface area contributed by atoms with E-state index in [1.54, 1.807) is 41.1 Å². The molecule has 0 radical (unpaired) electrons. The van der Waals surface area contributed by atoms with Crippen LogP contribution in [0.1, 0.15) is 28.9 Å². The Hall–Kier alpha value is -4.18. The number of carboxylic acids is 1. The van der Waals surface area contributed by atoms with E-state index in [2.05, 4.69) is 9.97 Å². The quantitative estimate of drug-likeness (QED) is 0.346. The summed E-state index contributed by atoms with van der Waals surface area (Å²) in [6, 6.07) is 9.90. The van der Waals surface area contributed by atoms with Crippen molar-refractivity contribution >= 4 is 40.0 Å². The number of halogens is 2. The van der Waals surface area contributed by atoms with Gasteiger partial charge < -0.3 is 24.2 Å². The molecule has 40 heavy (non-hydrogen) atoms. The van der Waals surface area contributed by atoms with Crippen molar-refractivity contribution in [2.45, 2.75) is 31.8 Å². The molecule has 206 valence electrons. The first-order chi connectivity index (χ1) is 19.1. The summed E-state index contributed by atoms with van der Waals surface area (Å²) in [4.78, 5) is 37.7. The van der Waals surface area contributed by atoms with Crippen LogP contribution in [0, 0.1) is 18.7 Å². The molecule has 1 saturated heterocycles. The number of piperidine rings is 1. The molecule has 0 spiro atoms. The number of hydrogen-bond donors (Lipinski definition) is 1. The number of benzene rings is 1. The lowest BCUT2D eigenvalue weighted by Gasteiger charge is -2.30. The van der Waals surface area contributed by atoms with Gasteiger partial charge in [0.05, 0.1) is 29.1 Å². The monoisotopic (exact) mass is 563 g/mol. The molecule has 2 fully saturated rings. The molecule has 0 amide bonds. The zero-order valence-electron chi connectivity index (χ0n) is 22.1. The molecule has 6 rings (SSSR count). The Bertz CT molecular complexity index is 1710. The zero-order valence-corrected chi connectivity index (χ0v) is 22.9. The molecule has 1 aliphatic heterocycles. The topological polar surface area (TPSA) is 101 Å². The van der Waals surface area contributed by atoms with Crippen LogP contribution in [0.5, 0.6) is 5.88 Å². The molecule has 0 unspecified atom stereocenters. The van der Waals surface area contributed by atoms with E-state index >= 15 is 4.39 Å². The largest absolute Gasteiger partial charge is 0.477 e. The highest BCUT2D eigenvalue weighted by molar-refractivity contribution is 6.31. The second-order valence-electron chi connectivity index (χ2n) is 10.5. The van der Waals surface area contributed by atoms with Crippen LogP contribution in [0.4, 0.5) is 15.9 Å². The number of carbonyl (C=O) groups is 1. The van der Waals surface area contributed by atoms with Gasteiger partial charge in [-0.1, -0.05) is 11.6 Å². The fourth-order valence-electron chi connectivity index (χ4n) is 5.56. The normalized spacial score (nSPS) is 19.5. The number of aromatic carboxylic acids is 1. The molecule has 1 saturated carbocycles. The Morgan fingerprint density at radius 2 is 2.02 bits per heavy atom. The third-order valence-electron chi connectivity index (χ3n) is 7.63. The van der Waals surface area contributed by atoms with E-state index in [4.69, 9.17) is 16.3 Å². The van der Waals surface area contributed by atoms with Crippen molar-refractivity contribution < 1.29 is 19.0 Å². The van der Waals surface area contributed by atoms with Gasteiger partial charge in [0.25, 0.3) is 0 Å². The highest BCUT2D eigenvalue weighted by Gasteiger charge is 2.53. The van der Waals surface area contributed by atoms with E-state index in [0.29, 0.717) is 39.5 Å². The summed E-state index contributed by atoms with van der Waals surface area (Å²) in [7, 11) is 3.72. The molecule has 3 aromatic heterocycles. The molecule has 3 atom stereocenters. The predicted molar refractivity (Wildman–Crippen MR) is 151 cm³/mol. The van der Waals surface area contributed by atoms with Crippen LogP contribution >= 0.6 is 11.6 Å². The maximum atomic E-state index is 15.8. The van der Waals surface area contributed by atoms with E-state index in [1.807, 2.05) is 30.8 Å². The molecular weight excluding hydrogens is 537 g/mol. The molecule has 11 heteroatoms. The van der Waals surface area contributed by atoms with E-state index in [-0.39, 0.29) is 24.1 Å². The third kappa shape index (κ3) is 4.52. The second-order valence-corrected chi connectivity index (χ2v) is 11.0. The zero-order chi connectivity index (χ0) is 28.3. The molecule has 1 aromatic carbocycles. The molecule has 1 aliphatic carbocycles. The third-order valence-corrected chi connectivity index (χ3v) is 7.91. The van der Waals surface area contributed by atoms with E-state index in [1.165, 1.54) is 6.20 Å². The van der Waals surface area contributed by atoms with Crippen molar-refractivity contribution in [2.24, 2.45) is 5.92 Å². The number of hydrogen-bond acceptors (Lipinski definition) is 7. The molecule has 0 bridgehead atoms. The number of pyridine rings is 3. The van der Waals surface area contributed by atoms with Crippen molar-refractivity contribution in [3.63, 3.8) is 0 Å². The Labute approximate surface area is 234 Å². The number of carboxylic acid groups (broad SMARTS) is 1. The molecular formula is C29H27ClFN5O4. The number of fused-ring (bicyclic) bond motifs is 2.